The van der Waals surface area contributed by atoms with Crippen LogP contribution in [-0.2, 0) is 16.1 Å². The van der Waals surface area contributed by atoms with E-state index in [1.807, 2.05) is 36.6 Å². The summed E-state index contributed by atoms with van der Waals surface area (Å²) < 4.78 is 1.95. The zero-order valence-electron chi connectivity index (χ0n) is 16.5. The second-order valence-corrected chi connectivity index (χ2v) is 7.28. The fourth-order valence-corrected chi connectivity index (χ4v) is 3.54. The third-order valence-corrected chi connectivity index (χ3v) is 5.08. The van der Waals surface area contributed by atoms with E-state index in [-0.39, 0.29) is 17.6 Å². The highest BCUT2D eigenvalue weighted by Crippen LogP contribution is 2.24. The van der Waals surface area contributed by atoms with Gasteiger partial charge in [0.25, 0.3) is 0 Å². The standard InChI is InChI=1S/C20H22N6O2S/c1-4-26-19(15-6-5-9-21-11-15)24-25-20(26)29-12-18(28)23-16-8-7-13(2)17(10-16)22-14(3)27/h5-11H,4,12H2,1-3H3,(H,22,27)(H,23,28). The van der Waals surface area contributed by atoms with Crippen molar-refractivity contribution >= 4 is 35.0 Å². The van der Waals surface area contributed by atoms with Gasteiger partial charge in [-0.15, -0.1) is 10.2 Å². The number of carbonyl (C=O) groups is 2. The second-order valence-electron chi connectivity index (χ2n) is 6.34. The molecule has 0 aliphatic rings. The molecule has 3 aromatic rings. The van der Waals surface area contributed by atoms with Gasteiger partial charge in [-0.3, -0.25) is 14.6 Å². The summed E-state index contributed by atoms with van der Waals surface area (Å²) in [5.41, 5.74) is 3.10. The number of thioether (sulfide) groups is 1. The van der Waals surface area contributed by atoms with E-state index < -0.39 is 0 Å². The Morgan fingerprint density at radius 2 is 2.00 bits per heavy atom. The molecule has 150 valence electrons. The summed E-state index contributed by atoms with van der Waals surface area (Å²) in [6.07, 6.45) is 3.44. The number of nitrogens with one attached hydrogen (secondary N) is 2. The van der Waals surface area contributed by atoms with Crippen molar-refractivity contribution in [1.82, 2.24) is 19.7 Å². The molecule has 2 N–H and O–H groups in total. The Kier molecular flexibility index (Phi) is 6.61. The van der Waals surface area contributed by atoms with Gasteiger partial charge in [-0.1, -0.05) is 17.8 Å². The van der Waals surface area contributed by atoms with Crippen LogP contribution in [0.5, 0.6) is 0 Å². The zero-order chi connectivity index (χ0) is 20.8. The second kappa shape index (κ2) is 9.33. The lowest BCUT2D eigenvalue weighted by Gasteiger charge is -2.11. The van der Waals surface area contributed by atoms with Gasteiger partial charge in [0, 0.05) is 42.8 Å². The minimum absolute atomic E-state index is 0.157. The SMILES string of the molecule is CCn1c(SCC(=O)Nc2ccc(C)c(NC(C)=O)c2)nnc1-c1cccnc1. The summed E-state index contributed by atoms with van der Waals surface area (Å²) in [7, 11) is 0. The Morgan fingerprint density at radius 1 is 1.17 bits per heavy atom. The number of carbonyl (C=O) groups excluding carboxylic acids is 2. The molecule has 0 aliphatic carbocycles. The minimum atomic E-state index is -0.166. The van der Waals surface area contributed by atoms with Crippen molar-refractivity contribution in [1.29, 1.82) is 0 Å². The minimum Gasteiger partial charge on any atom is -0.326 e. The lowest BCUT2D eigenvalue weighted by atomic mass is 10.2. The molecule has 2 aromatic heterocycles. The number of aromatic nitrogens is 4. The first-order valence-electron chi connectivity index (χ1n) is 9.12. The largest absolute Gasteiger partial charge is 0.326 e. The van der Waals surface area contributed by atoms with Gasteiger partial charge >= 0.3 is 0 Å². The maximum atomic E-state index is 12.4. The summed E-state index contributed by atoms with van der Waals surface area (Å²) >= 11 is 1.32. The van der Waals surface area contributed by atoms with E-state index in [2.05, 4.69) is 25.8 Å². The van der Waals surface area contributed by atoms with Crippen LogP contribution in [0.25, 0.3) is 11.4 Å². The molecule has 8 nitrogen and oxygen atoms in total. The van der Waals surface area contributed by atoms with Gasteiger partial charge in [0.05, 0.1) is 5.75 Å². The molecule has 1 aromatic carbocycles. The van der Waals surface area contributed by atoms with Crippen LogP contribution < -0.4 is 10.6 Å². The van der Waals surface area contributed by atoms with E-state index in [4.69, 9.17) is 0 Å². The van der Waals surface area contributed by atoms with Crippen molar-refractivity contribution in [2.24, 2.45) is 0 Å². The van der Waals surface area contributed by atoms with E-state index in [1.54, 1.807) is 24.5 Å². The first-order valence-corrected chi connectivity index (χ1v) is 10.1. The number of aryl methyl sites for hydroxylation is 1. The highest BCUT2D eigenvalue weighted by Gasteiger charge is 2.15. The van der Waals surface area contributed by atoms with Crippen LogP contribution in [0.4, 0.5) is 11.4 Å². The molecule has 0 saturated heterocycles. The molecule has 2 amide bonds. The Labute approximate surface area is 173 Å². The van der Waals surface area contributed by atoms with Crippen molar-refractivity contribution in [3.8, 4) is 11.4 Å². The lowest BCUT2D eigenvalue weighted by Crippen LogP contribution is -2.15. The predicted octanol–water partition coefficient (Wildman–Crippen LogP) is 3.36. The van der Waals surface area contributed by atoms with Crippen LogP contribution in [0, 0.1) is 6.92 Å². The first-order chi connectivity index (χ1) is 14.0. The average molecular weight is 411 g/mol. The van der Waals surface area contributed by atoms with Gasteiger partial charge in [0.15, 0.2) is 11.0 Å². The molecular formula is C20H22N6O2S. The van der Waals surface area contributed by atoms with E-state index in [9.17, 15) is 9.59 Å². The Morgan fingerprint density at radius 3 is 2.69 bits per heavy atom. The summed E-state index contributed by atoms with van der Waals surface area (Å²) in [5.74, 6) is 0.591. The third-order valence-electron chi connectivity index (χ3n) is 4.12. The summed E-state index contributed by atoms with van der Waals surface area (Å²) in [6, 6.07) is 9.17. The summed E-state index contributed by atoms with van der Waals surface area (Å²) in [6.45, 7) is 6.03. The molecule has 2 heterocycles. The number of benzene rings is 1. The maximum Gasteiger partial charge on any atom is 0.234 e. The van der Waals surface area contributed by atoms with Crippen molar-refractivity contribution in [2.45, 2.75) is 32.5 Å². The molecule has 0 fully saturated rings. The highest BCUT2D eigenvalue weighted by atomic mass is 32.2. The van der Waals surface area contributed by atoms with Gasteiger partial charge in [-0.25, -0.2) is 0 Å². The Balaban J connectivity index is 1.66. The molecule has 9 heteroatoms. The molecule has 0 unspecified atom stereocenters. The Bertz CT molecular complexity index is 1020. The van der Waals surface area contributed by atoms with E-state index in [1.165, 1.54) is 18.7 Å². The van der Waals surface area contributed by atoms with E-state index in [0.717, 1.165) is 17.0 Å². The molecule has 0 saturated carbocycles. The van der Waals surface area contributed by atoms with Crippen LogP contribution in [0.15, 0.2) is 47.9 Å². The summed E-state index contributed by atoms with van der Waals surface area (Å²) in [5, 5.41) is 14.7. The third kappa shape index (κ3) is 5.20. The maximum absolute atomic E-state index is 12.4. The van der Waals surface area contributed by atoms with E-state index >= 15 is 0 Å². The molecule has 0 aliphatic heterocycles. The number of nitrogens with zero attached hydrogens (tertiary/aromatic N) is 4. The zero-order valence-corrected chi connectivity index (χ0v) is 17.3. The highest BCUT2D eigenvalue weighted by molar-refractivity contribution is 7.99. The predicted molar refractivity (Wildman–Crippen MR) is 114 cm³/mol. The molecule has 0 radical (unpaired) electrons. The topological polar surface area (TPSA) is 102 Å². The van der Waals surface area contributed by atoms with Gasteiger partial charge in [-0.2, -0.15) is 0 Å². The van der Waals surface area contributed by atoms with Crippen LogP contribution in [0.2, 0.25) is 0 Å². The van der Waals surface area contributed by atoms with Gasteiger partial charge < -0.3 is 15.2 Å². The van der Waals surface area contributed by atoms with Crippen LogP contribution in [-0.4, -0.2) is 37.3 Å². The molecule has 0 spiro atoms. The number of rotatable bonds is 7. The molecule has 29 heavy (non-hydrogen) atoms. The number of pyridine rings is 1. The van der Waals surface area contributed by atoms with Crippen molar-refractivity contribution in [3.05, 3.63) is 48.3 Å². The number of amides is 2. The van der Waals surface area contributed by atoms with E-state index in [0.29, 0.717) is 23.1 Å². The van der Waals surface area contributed by atoms with Crippen molar-refractivity contribution < 1.29 is 9.59 Å². The molecular weight excluding hydrogens is 388 g/mol. The average Bonchev–Trinajstić information content (AvgIpc) is 3.12. The lowest BCUT2D eigenvalue weighted by molar-refractivity contribution is -0.114. The number of hydrogen-bond acceptors (Lipinski definition) is 6. The van der Waals surface area contributed by atoms with Crippen LogP contribution >= 0.6 is 11.8 Å². The number of anilines is 2. The van der Waals surface area contributed by atoms with Crippen molar-refractivity contribution in [2.75, 3.05) is 16.4 Å². The normalized spacial score (nSPS) is 10.6. The van der Waals surface area contributed by atoms with Gasteiger partial charge in [0.2, 0.25) is 11.8 Å². The fourth-order valence-electron chi connectivity index (χ4n) is 2.74. The van der Waals surface area contributed by atoms with Crippen LogP contribution in [0.3, 0.4) is 0 Å². The van der Waals surface area contributed by atoms with Gasteiger partial charge in [0.1, 0.15) is 0 Å². The molecule has 0 bridgehead atoms. The van der Waals surface area contributed by atoms with Crippen LogP contribution in [0.1, 0.15) is 19.4 Å². The van der Waals surface area contributed by atoms with Gasteiger partial charge in [-0.05, 0) is 43.7 Å². The number of hydrogen-bond donors (Lipinski definition) is 2. The fraction of sp³-hybridized carbons (Fsp3) is 0.250. The monoisotopic (exact) mass is 410 g/mol. The summed E-state index contributed by atoms with van der Waals surface area (Å²) in [4.78, 5) is 27.8. The first kappa shape index (κ1) is 20.5. The van der Waals surface area contributed by atoms with Crippen molar-refractivity contribution in [3.63, 3.8) is 0 Å². The quantitative estimate of drug-likeness (QED) is 0.579. The smallest absolute Gasteiger partial charge is 0.234 e. The molecule has 3 rings (SSSR count). The molecule has 0 atom stereocenters. The Hall–Kier alpha value is -3.20.